The Morgan fingerprint density at radius 3 is 2.90 bits per heavy atom. The number of alkyl halides is 1. The maximum absolute atomic E-state index is 6.29. The lowest BCUT2D eigenvalue weighted by molar-refractivity contribution is 0.206. The van der Waals surface area contributed by atoms with Gasteiger partial charge >= 0.3 is 0 Å². The molecular formula is C16H28ClN3. The van der Waals surface area contributed by atoms with Crippen LogP contribution >= 0.6 is 11.6 Å². The van der Waals surface area contributed by atoms with E-state index in [2.05, 4.69) is 41.9 Å². The van der Waals surface area contributed by atoms with Crippen molar-refractivity contribution in [3.8, 4) is 0 Å². The van der Waals surface area contributed by atoms with Gasteiger partial charge in [-0.3, -0.25) is 4.68 Å². The van der Waals surface area contributed by atoms with Gasteiger partial charge in [-0.2, -0.15) is 5.10 Å². The molecule has 0 aliphatic heterocycles. The lowest BCUT2D eigenvalue weighted by Gasteiger charge is -2.39. The maximum Gasteiger partial charge on any atom is 0.0625 e. The topological polar surface area (TPSA) is 29.9 Å². The predicted molar refractivity (Wildman–Crippen MR) is 85.2 cm³/mol. The largest absolute Gasteiger partial charge is 0.304 e. The Labute approximate surface area is 128 Å². The summed E-state index contributed by atoms with van der Waals surface area (Å²) >= 11 is 6.29. The Hall–Kier alpha value is -0.540. The van der Waals surface area contributed by atoms with Gasteiger partial charge in [0.25, 0.3) is 0 Å². The Kier molecular flexibility index (Phi) is 5.50. The molecule has 0 saturated heterocycles. The van der Waals surface area contributed by atoms with Gasteiger partial charge in [0, 0.05) is 24.5 Å². The summed E-state index contributed by atoms with van der Waals surface area (Å²) in [5.41, 5.74) is 2.58. The quantitative estimate of drug-likeness (QED) is 0.811. The van der Waals surface area contributed by atoms with Crippen LogP contribution < -0.4 is 5.32 Å². The van der Waals surface area contributed by atoms with Crippen LogP contribution in [0.25, 0.3) is 0 Å². The van der Waals surface area contributed by atoms with E-state index in [1.807, 2.05) is 0 Å². The first-order valence-corrected chi connectivity index (χ1v) is 8.52. The van der Waals surface area contributed by atoms with E-state index >= 15 is 0 Å². The maximum atomic E-state index is 6.29. The molecule has 1 aliphatic carbocycles. The molecule has 2 unspecified atom stereocenters. The Morgan fingerprint density at radius 1 is 1.50 bits per heavy atom. The van der Waals surface area contributed by atoms with E-state index in [9.17, 15) is 0 Å². The third-order valence-corrected chi connectivity index (χ3v) is 5.08. The molecule has 1 saturated carbocycles. The van der Waals surface area contributed by atoms with Crippen LogP contribution in [0.15, 0.2) is 6.07 Å². The third kappa shape index (κ3) is 3.56. The average molecular weight is 298 g/mol. The van der Waals surface area contributed by atoms with Gasteiger partial charge < -0.3 is 5.32 Å². The summed E-state index contributed by atoms with van der Waals surface area (Å²) in [6, 6.07) is 2.23. The van der Waals surface area contributed by atoms with Crippen LogP contribution in [-0.2, 0) is 19.5 Å². The zero-order chi connectivity index (χ0) is 14.6. The van der Waals surface area contributed by atoms with Crippen LogP contribution in [0, 0.1) is 5.92 Å². The Balaban J connectivity index is 2.04. The van der Waals surface area contributed by atoms with Crippen molar-refractivity contribution in [3.05, 3.63) is 17.5 Å². The summed E-state index contributed by atoms with van der Waals surface area (Å²) < 4.78 is 2.11. The lowest BCUT2D eigenvalue weighted by Crippen LogP contribution is -2.49. The van der Waals surface area contributed by atoms with Crippen molar-refractivity contribution in [2.75, 3.05) is 5.88 Å². The standard InChI is InChI=1S/C16H28ClN3/c1-4-14-9-15(20(5-2)19-14)11-18-16(12-17)8-6-7-13(3)10-16/h9,13,18H,4-8,10-12H2,1-3H3. The smallest absolute Gasteiger partial charge is 0.0625 e. The fraction of sp³-hybridized carbons (Fsp3) is 0.812. The highest BCUT2D eigenvalue weighted by atomic mass is 35.5. The van der Waals surface area contributed by atoms with Crippen molar-refractivity contribution in [2.45, 2.75) is 71.5 Å². The minimum atomic E-state index is 0.119. The third-order valence-electron chi connectivity index (χ3n) is 4.57. The molecule has 1 aromatic heterocycles. The van der Waals surface area contributed by atoms with Gasteiger partial charge in [0.15, 0.2) is 0 Å². The second kappa shape index (κ2) is 6.95. The van der Waals surface area contributed by atoms with Crippen LogP contribution in [0.4, 0.5) is 0 Å². The summed E-state index contributed by atoms with van der Waals surface area (Å²) in [4.78, 5) is 0. The predicted octanol–water partition coefficient (Wildman–Crippen LogP) is 3.74. The SMILES string of the molecule is CCc1cc(CNC2(CCl)CCCC(C)C2)n(CC)n1. The second-order valence-electron chi connectivity index (χ2n) is 6.27. The average Bonchev–Trinajstić information content (AvgIpc) is 2.87. The van der Waals surface area contributed by atoms with Gasteiger partial charge in [0.05, 0.1) is 11.4 Å². The molecule has 2 rings (SSSR count). The number of halogens is 1. The molecule has 0 radical (unpaired) electrons. The van der Waals surface area contributed by atoms with Crippen molar-refractivity contribution >= 4 is 11.6 Å². The molecule has 114 valence electrons. The van der Waals surface area contributed by atoms with E-state index in [0.717, 1.165) is 25.4 Å². The van der Waals surface area contributed by atoms with E-state index in [-0.39, 0.29) is 5.54 Å². The number of hydrogen-bond acceptors (Lipinski definition) is 2. The van der Waals surface area contributed by atoms with Crippen LogP contribution in [0.1, 0.15) is 57.8 Å². The minimum absolute atomic E-state index is 0.119. The molecule has 2 atom stereocenters. The van der Waals surface area contributed by atoms with Crippen LogP contribution in [0.3, 0.4) is 0 Å². The molecule has 0 aromatic carbocycles. The minimum Gasteiger partial charge on any atom is -0.304 e. The first kappa shape index (κ1) is 15.8. The first-order valence-electron chi connectivity index (χ1n) is 7.99. The summed E-state index contributed by atoms with van der Waals surface area (Å²) in [7, 11) is 0. The number of hydrogen-bond donors (Lipinski definition) is 1. The number of aryl methyl sites for hydroxylation is 2. The van der Waals surface area contributed by atoms with Crippen LogP contribution in [0.5, 0.6) is 0 Å². The van der Waals surface area contributed by atoms with Crippen molar-refractivity contribution < 1.29 is 0 Å². The van der Waals surface area contributed by atoms with Gasteiger partial charge in [-0.05, 0) is 38.2 Å². The summed E-state index contributed by atoms with van der Waals surface area (Å²) in [5.74, 6) is 1.48. The van der Waals surface area contributed by atoms with E-state index in [4.69, 9.17) is 11.6 Å². The second-order valence-corrected chi connectivity index (χ2v) is 6.53. The molecule has 0 bridgehead atoms. The number of nitrogens with zero attached hydrogens (tertiary/aromatic N) is 2. The molecular weight excluding hydrogens is 270 g/mol. The normalized spacial score (nSPS) is 26.9. The fourth-order valence-electron chi connectivity index (χ4n) is 3.37. The Morgan fingerprint density at radius 2 is 2.30 bits per heavy atom. The Bertz CT molecular complexity index is 429. The zero-order valence-corrected chi connectivity index (χ0v) is 13.8. The highest BCUT2D eigenvalue weighted by molar-refractivity contribution is 6.18. The monoisotopic (exact) mass is 297 g/mol. The molecule has 1 fully saturated rings. The molecule has 20 heavy (non-hydrogen) atoms. The first-order chi connectivity index (χ1) is 9.62. The van der Waals surface area contributed by atoms with Gasteiger partial charge in [-0.15, -0.1) is 11.6 Å². The van der Waals surface area contributed by atoms with E-state index in [1.165, 1.54) is 37.1 Å². The molecule has 0 spiro atoms. The highest BCUT2D eigenvalue weighted by Gasteiger charge is 2.33. The molecule has 3 nitrogen and oxygen atoms in total. The molecule has 1 aliphatic rings. The summed E-state index contributed by atoms with van der Waals surface area (Å²) in [6.45, 7) is 8.45. The van der Waals surface area contributed by atoms with E-state index in [1.54, 1.807) is 0 Å². The van der Waals surface area contributed by atoms with E-state index < -0.39 is 0 Å². The zero-order valence-electron chi connectivity index (χ0n) is 13.1. The molecule has 1 heterocycles. The van der Waals surface area contributed by atoms with Gasteiger partial charge in [0.1, 0.15) is 0 Å². The molecule has 0 amide bonds. The number of rotatable bonds is 6. The highest BCUT2D eigenvalue weighted by Crippen LogP contribution is 2.33. The summed E-state index contributed by atoms with van der Waals surface area (Å²) in [5, 5.41) is 8.37. The van der Waals surface area contributed by atoms with E-state index in [0.29, 0.717) is 5.88 Å². The number of aromatic nitrogens is 2. The summed E-state index contributed by atoms with van der Waals surface area (Å²) in [6.07, 6.45) is 6.01. The molecule has 1 aromatic rings. The van der Waals surface area contributed by atoms with Gasteiger partial charge in [0.2, 0.25) is 0 Å². The lowest BCUT2D eigenvalue weighted by atomic mass is 9.77. The van der Waals surface area contributed by atoms with Gasteiger partial charge in [-0.25, -0.2) is 0 Å². The van der Waals surface area contributed by atoms with Crippen molar-refractivity contribution in [1.82, 2.24) is 15.1 Å². The van der Waals surface area contributed by atoms with Crippen molar-refractivity contribution in [3.63, 3.8) is 0 Å². The molecule has 4 heteroatoms. The van der Waals surface area contributed by atoms with Crippen LogP contribution in [0.2, 0.25) is 0 Å². The van der Waals surface area contributed by atoms with Gasteiger partial charge in [-0.1, -0.05) is 26.7 Å². The fourth-order valence-corrected chi connectivity index (χ4v) is 3.71. The van der Waals surface area contributed by atoms with Crippen molar-refractivity contribution in [1.29, 1.82) is 0 Å². The van der Waals surface area contributed by atoms with Crippen molar-refractivity contribution in [2.24, 2.45) is 5.92 Å². The molecule has 1 N–H and O–H groups in total. The van der Waals surface area contributed by atoms with Crippen LogP contribution in [-0.4, -0.2) is 21.2 Å². The number of nitrogens with one attached hydrogen (secondary N) is 1.